The normalized spacial score (nSPS) is 9.31. The van der Waals surface area contributed by atoms with Crippen LogP contribution in [-0.2, 0) is 6.42 Å². The maximum Gasteiger partial charge on any atom is 0.123 e. The molecule has 0 atom stereocenters. The Bertz CT molecular complexity index is 325. The molecule has 1 rings (SSSR count). The van der Waals surface area contributed by atoms with E-state index in [-0.39, 0.29) is 0 Å². The van der Waals surface area contributed by atoms with E-state index in [1.807, 2.05) is 12.1 Å². The van der Waals surface area contributed by atoms with Crippen LogP contribution < -0.4 is 4.74 Å². The standard InChI is InChI=1S/C11H13NO/c1-3-4-10-6-5-9(8-12)7-11(10)13-2/h5-7H,3-4H2,1-2H3. The summed E-state index contributed by atoms with van der Waals surface area (Å²) in [5.74, 6) is 0.820. The summed E-state index contributed by atoms with van der Waals surface area (Å²) < 4.78 is 5.19. The summed E-state index contributed by atoms with van der Waals surface area (Å²) in [5, 5.41) is 8.67. The first-order valence-corrected chi connectivity index (χ1v) is 4.38. The van der Waals surface area contributed by atoms with Gasteiger partial charge in [-0.1, -0.05) is 19.4 Å². The van der Waals surface area contributed by atoms with Crippen molar-refractivity contribution in [3.05, 3.63) is 29.3 Å². The van der Waals surface area contributed by atoms with Gasteiger partial charge >= 0.3 is 0 Å². The highest BCUT2D eigenvalue weighted by Gasteiger charge is 2.02. The van der Waals surface area contributed by atoms with Crippen molar-refractivity contribution in [1.29, 1.82) is 5.26 Å². The molecular formula is C11H13NO. The molecule has 0 saturated heterocycles. The van der Waals surface area contributed by atoms with Crippen LogP contribution in [0.1, 0.15) is 24.5 Å². The molecule has 13 heavy (non-hydrogen) atoms. The van der Waals surface area contributed by atoms with Crippen molar-refractivity contribution in [3.8, 4) is 11.8 Å². The van der Waals surface area contributed by atoms with E-state index in [1.165, 1.54) is 5.56 Å². The van der Waals surface area contributed by atoms with E-state index < -0.39 is 0 Å². The topological polar surface area (TPSA) is 33.0 Å². The Kier molecular flexibility index (Phi) is 3.33. The first-order valence-electron chi connectivity index (χ1n) is 4.38. The van der Waals surface area contributed by atoms with Crippen LogP contribution in [0.25, 0.3) is 0 Å². The van der Waals surface area contributed by atoms with Crippen LogP contribution in [0.4, 0.5) is 0 Å². The molecule has 0 aliphatic rings. The third kappa shape index (κ3) is 2.22. The molecule has 0 amide bonds. The lowest BCUT2D eigenvalue weighted by atomic mass is 10.1. The summed E-state index contributed by atoms with van der Waals surface area (Å²) in [7, 11) is 1.63. The Hall–Kier alpha value is -1.49. The number of ether oxygens (including phenoxy) is 1. The fraction of sp³-hybridized carbons (Fsp3) is 0.364. The van der Waals surface area contributed by atoms with Gasteiger partial charge in [0.2, 0.25) is 0 Å². The number of hydrogen-bond acceptors (Lipinski definition) is 2. The molecular weight excluding hydrogens is 162 g/mol. The zero-order chi connectivity index (χ0) is 9.68. The Labute approximate surface area is 78.8 Å². The SMILES string of the molecule is CCCc1ccc(C#N)cc1OC. The number of aryl methyl sites for hydroxylation is 1. The fourth-order valence-corrected chi connectivity index (χ4v) is 1.29. The Morgan fingerprint density at radius 2 is 2.23 bits per heavy atom. The van der Waals surface area contributed by atoms with Crippen molar-refractivity contribution >= 4 is 0 Å². The third-order valence-electron chi connectivity index (χ3n) is 1.94. The van der Waals surface area contributed by atoms with Gasteiger partial charge in [0.05, 0.1) is 18.7 Å². The number of nitriles is 1. The molecule has 0 unspecified atom stereocenters. The summed E-state index contributed by atoms with van der Waals surface area (Å²) in [6, 6.07) is 7.66. The number of hydrogen-bond donors (Lipinski definition) is 0. The van der Waals surface area contributed by atoms with Crippen LogP contribution >= 0.6 is 0 Å². The van der Waals surface area contributed by atoms with Crippen molar-refractivity contribution in [1.82, 2.24) is 0 Å². The summed E-state index contributed by atoms with van der Waals surface area (Å²) >= 11 is 0. The molecule has 0 aliphatic heterocycles. The van der Waals surface area contributed by atoms with E-state index >= 15 is 0 Å². The van der Waals surface area contributed by atoms with Gasteiger partial charge in [0.15, 0.2) is 0 Å². The van der Waals surface area contributed by atoms with Gasteiger partial charge in [0.25, 0.3) is 0 Å². The molecule has 2 heteroatoms. The summed E-state index contributed by atoms with van der Waals surface area (Å²) in [6.07, 6.45) is 2.08. The van der Waals surface area contributed by atoms with Crippen molar-refractivity contribution in [2.75, 3.05) is 7.11 Å². The molecule has 0 bridgehead atoms. The highest BCUT2D eigenvalue weighted by molar-refractivity contribution is 5.42. The monoisotopic (exact) mass is 175 g/mol. The quantitative estimate of drug-likeness (QED) is 0.707. The second-order valence-corrected chi connectivity index (χ2v) is 2.89. The van der Waals surface area contributed by atoms with Crippen molar-refractivity contribution in [3.63, 3.8) is 0 Å². The zero-order valence-corrected chi connectivity index (χ0v) is 8.00. The van der Waals surface area contributed by atoms with Crippen LogP contribution in [-0.4, -0.2) is 7.11 Å². The van der Waals surface area contributed by atoms with Gasteiger partial charge in [-0.3, -0.25) is 0 Å². The molecule has 0 saturated carbocycles. The number of benzene rings is 1. The second kappa shape index (κ2) is 4.51. The Balaban J connectivity index is 3.02. The summed E-state index contributed by atoms with van der Waals surface area (Å²) in [4.78, 5) is 0. The lowest BCUT2D eigenvalue weighted by molar-refractivity contribution is 0.409. The first-order chi connectivity index (χ1) is 6.31. The zero-order valence-electron chi connectivity index (χ0n) is 8.00. The number of rotatable bonds is 3. The molecule has 1 aromatic rings. The van der Waals surface area contributed by atoms with Gasteiger partial charge in [-0.05, 0) is 24.1 Å². The molecule has 0 heterocycles. The molecule has 0 aliphatic carbocycles. The fourth-order valence-electron chi connectivity index (χ4n) is 1.29. The maximum absolute atomic E-state index is 8.67. The van der Waals surface area contributed by atoms with E-state index in [1.54, 1.807) is 13.2 Å². The predicted octanol–water partition coefficient (Wildman–Crippen LogP) is 2.52. The lowest BCUT2D eigenvalue weighted by Crippen LogP contribution is -1.92. The number of methoxy groups -OCH3 is 1. The minimum absolute atomic E-state index is 0.650. The van der Waals surface area contributed by atoms with Gasteiger partial charge in [0, 0.05) is 0 Å². The highest BCUT2D eigenvalue weighted by Crippen LogP contribution is 2.20. The van der Waals surface area contributed by atoms with Crippen molar-refractivity contribution in [2.45, 2.75) is 19.8 Å². The maximum atomic E-state index is 8.67. The van der Waals surface area contributed by atoms with Gasteiger partial charge in [-0.15, -0.1) is 0 Å². The minimum Gasteiger partial charge on any atom is -0.496 e. The molecule has 68 valence electrons. The van der Waals surface area contributed by atoms with Gasteiger partial charge < -0.3 is 4.74 Å². The van der Waals surface area contributed by atoms with Crippen LogP contribution in [0.5, 0.6) is 5.75 Å². The number of nitrogens with zero attached hydrogens (tertiary/aromatic N) is 1. The molecule has 1 aromatic carbocycles. The smallest absolute Gasteiger partial charge is 0.123 e. The van der Waals surface area contributed by atoms with E-state index in [0.717, 1.165) is 18.6 Å². The van der Waals surface area contributed by atoms with Gasteiger partial charge in [-0.2, -0.15) is 5.26 Å². The Morgan fingerprint density at radius 1 is 1.46 bits per heavy atom. The predicted molar refractivity (Wildman–Crippen MR) is 51.7 cm³/mol. The van der Waals surface area contributed by atoms with Crippen LogP contribution in [0, 0.1) is 11.3 Å². The molecule has 0 radical (unpaired) electrons. The molecule has 0 aromatic heterocycles. The van der Waals surface area contributed by atoms with E-state index in [0.29, 0.717) is 5.56 Å². The average Bonchev–Trinajstić information content (AvgIpc) is 2.19. The van der Waals surface area contributed by atoms with E-state index in [2.05, 4.69) is 13.0 Å². The average molecular weight is 175 g/mol. The van der Waals surface area contributed by atoms with Crippen molar-refractivity contribution < 1.29 is 4.74 Å². The Morgan fingerprint density at radius 3 is 2.77 bits per heavy atom. The van der Waals surface area contributed by atoms with Crippen LogP contribution in [0.15, 0.2) is 18.2 Å². The lowest BCUT2D eigenvalue weighted by Gasteiger charge is -2.06. The van der Waals surface area contributed by atoms with Crippen LogP contribution in [0.3, 0.4) is 0 Å². The van der Waals surface area contributed by atoms with Crippen molar-refractivity contribution in [2.24, 2.45) is 0 Å². The highest BCUT2D eigenvalue weighted by atomic mass is 16.5. The second-order valence-electron chi connectivity index (χ2n) is 2.89. The summed E-state index contributed by atoms with van der Waals surface area (Å²) in [6.45, 7) is 2.12. The van der Waals surface area contributed by atoms with Crippen LogP contribution in [0.2, 0.25) is 0 Å². The molecule has 0 N–H and O–H groups in total. The van der Waals surface area contributed by atoms with E-state index in [4.69, 9.17) is 10.00 Å². The van der Waals surface area contributed by atoms with Gasteiger partial charge in [-0.25, -0.2) is 0 Å². The largest absolute Gasteiger partial charge is 0.496 e. The van der Waals surface area contributed by atoms with Gasteiger partial charge in [0.1, 0.15) is 5.75 Å². The third-order valence-corrected chi connectivity index (χ3v) is 1.94. The van der Waals surface area contributed by atoms with E-state index in [9.17, 15) is 0 Å². The minimum atomic E-state index is 0.650. The molecule has 0 fully saturated rings. The summed E-state index contributed by atoms with van der Waals surface area (Å²) in [5.41, 5.74) is 1.82. The first kappa shape index (κ1) is 9.60. The molecule has 2 nitrogen and oxygen atoms in total. The molecule has 0 spiro atoms.